The zero-order chi connectivity index (χ0) is 7.21. The first-order valence-corrected chi connectivity index (χ1v) is 2.77. The Morgan fingerprint density at radius 3 is 1.50 bits per heavy atom. The van der Waals surface area contributed by atoms with Crippen LogP contribution in [0.4, 0.5) is 0 Å². The van der Waals surface area contributed by atoms with Crippen LogP contribution < -0.4 is 0 Å². The molecular weight excluding hydrogens is 137 g/mol. The molecule has 0 unspecified atom stereocenters. The van der Waals surface area contributed by atoms with E-state index in [0.29, 0.717) is 0 Å². The van der Waals surface area contributed by atoms with Crippen molar-refractivity contribution < 1.29 is 19.2 Å². The van der Waals surface area contributed by atoms with E-state index in [-0.39, 0.29) is 0 Å². The Morgan fingerprint density at radius 1 is 1.50 bits per heavy atom. The van der Waals surface area contributed by atoms with Crippen LogP contribution in [0.2, 0.25) is 0 Å². The third kappa shape index (κ3) is 315. The molecule has 0 radical (unpaired) electrons. The molecule has 8 heavy (non-hydrogen) atoms. The minimum absolute atomic E-state index is 1.75. The maximum Gasteiger partial charge on any atom is 0.466 e. The fourth-order valence-corrected chi connectivity index (χ4v) is 0. The first kappa shape index (κ1) is 10.4. The Hall–Kier alpha value is -0.580. The van der Waals surface area contributed by atoms with Gasteiger partial charge in [0.05, 0.1) is 0 Å². The summed E-state index contributed by atoms with van der Waals surface area (Å²) >= 11 is 0. The van der Waals surface area contributed by atoms with Crippen molar-refractivity contribution in [1.82, 2.24) is 0 Å². The van der Waals surface area contributed by atoms with Gasteiger partial charge < -0.3 is 14.7 Å². The standard InChI is InChI=1S/HN3.H3O4P/c1-3-2;1-5(2,3)4/h1H;(H3,1,2,3,4). The van der Waals surface area contributed by atoms with Gasteiger partial charge in [0, 0.05) is 0 Å². The zero-order valence-corrected chi connectivity index (χ0v) is 4.49. The number of hydrogen-bond acceptors (Lipinski definition) is 2. The number of nitrogens with one attached hydrogen (secondary N) is 1. The van der Waals surface area contributed by atoms with Crippen molar-refractivity contribution in [1.29, 1.82) is 5.53 Å². The van der Waals surface area contributed by atoms with Crippen LogP contribution in [0.3, 0.4) is 0 Å². The monoisotopic (exact) mass is 141 g/mol. The average molecular weight is 141 g/mol. The molecule has 48 valence electrons. The van der Waals surface area contributed by atoms with Crippen LogP contribution in [-0.4, -0.2) is 14.7 Å². The van der Waals surface area contributed by atoms with Gasteiger partial charge >= 0.3 is 7.82 Å². The molecule has 0 bridgehead atoms. The largest absolute Gasteiger partial charge is 0.466 e. The van der Waals surface area contributed by atoms with E-state index in [1.54, 1.807) is 4.91 Å². The molecule has 0 rings (SSSR count). The summed E-state index contributed by atoms with van der Waals surface area (Å²) < 4.78 is 8.88. The van der Waals surface area contributed by atoms with Crippen molar-refractivity contribution >= 4 is 7.82 Å². The number of phosphoric acid groups is 1. The third-order valence-electron chi connectivity index (χ3n) is 0. The lowest BCUT2D eigenvalue weighted by Crippen LogP contribution is -1.66. The van der Waals surface area contributed by atoms with Crippen LogP contribution in [-0.2, 0) is 4.57 Å². The van der Waals surface area contributed by atoms with Crippen molar-refractivity contribution in [3.8, 4) is 0 Å². The molecule has 0 aliphatic carbocycles. The smallest absolute Gasteiger partial charge is 0.303 e. The molecule has 0 aromatic rings. The Morgan fingerprint density at radius 2 is 1.50 bits per heavy atom. The fourth-order valence-electron chi connectivity index (χ4n) is 0. The Kier molecular flexibility index (Phi) is 5.95. The molecule has 0 saturated heterocycles. The predicted octanol–water partition coefficient (Wildman–Crippen LogP) is -0.0531. The van der Waals surface area contributed by atoms with Crippen molar-refractivity contribution in [2.24, 2.45) is 0 Å². The second kappa shape index (κ2) is 4.58. The van der Waals surface area contributed by atoms with Gasteiger partial charge in [-0.1, -0.05) is 0 Å². The molecule has 0 atom stereocenters. The lowest BCUT2D eigenvalue weighted by atomic mass is 13.0. The maximum atomic E-state index is 8.88. The molecule has 8 heteroatoms. The van der Waals surface area contributed by atoms with Gasteiger partial charge in [0.25, 0.3) is 0 Å². The summed E-state index contributed by atoms with van der Waals surface area (Å²) in [5.74, 6) is 0. The van der Waals surface area contributed by atoms with Gasteiger partial charge in [-0.05, 0) is 10.4 Å². The zero-order valence-electron chi connectivity index (χ0n) is 3.59. The highest BCUT2D eigenvalue weighted by Crippen LogP contribution is 2.25. The number of nitrogens with zero attached hydrogens (tertiary/aromatic N) is 2. The minimum atomic E-state index is -4.64. The number of rotatable bonds is 0. The Labute approximate surface area is 44.2 Å². The number of hydrogen-bond donors (Lipinski definition) is 4. The molecule has 7 nitrogen and oxygen atoms in total. The summed E-state index contributed by atoms with van der Waals surface area (Å²) in [7, 11) is -4.64. The molecule has 0 aromatic heterocycles. The van der Waals surface area contributed by atoms with Crippen molar-refractivity contribution in [3.05, 3.63) is 10.4 Å². The Bertz CT molecular complexity index is 109. The van der Waals surface area contributed by atoms with Gasteiger partial charge in [0.1, 0.15) is 0 Å². The van der Waals surface area contributed by atoms with Gasteiger partial charge in [-0.25, -0.2) is 4.57 Å². The lowest BCUT2D eigenvalue weighted by molar-refractivity contribution is 0.275. The fraction of sp³-hybridized carbons (Fsp3) is 0. The van der Waals surface area contributed by atoms with E-state index in [2.05, 4.69) is 0 Å². The van der Waals surface area contributed by atoms with Crippen molar-refractivity contribution in [2.45, 2.75) is 0 Å². The summed E-state index contributed by atoms with van der Waals surface area (Å²) in [5.41, 5.74) is 12.2. The van der Waals surface area contributed by atoms with E-state index >= 15 is 0 Å². The van der Waals surface area contributed by atoms with E-state index in [4.69, 9.17) is 30.3 Å². The second-order valence-electron chi connectivity index (χ2n) is 0.613. The van der Waals surface area contributed by atoms with Gasteiger partial charge in [-0.3, -0.25) is 0 Å². The van der Waals surface area contributed by atoms with E-state index in [1.807, 2.05) is 0 Å². The molecule has 0 saturated carbocycles. The Balaban J connectivity index is 0. The van der Waals surface area contributed by atoms with Crippen LogP contribution in [0, 0.1) is 5.53 Å². The van der Waals surface area contributed by atoms with E-state index in [9.17, 15) is 0 Å². The molecular formula is H4N3O4P. The first-order valence-electron chi connectivity index (χ1n) is 1.21. The second-order valence-corrected chi connectivity index (χ2v) is 1.64. The predicted molar refractivity (Wildman–Crippen MR) is 23.7 cm³/mol. The van der Waals surface area contributed by atoms with Crippen LogP contribution in [0.5, 0.6) is 0 Å². The topological polar surface area (TPSA) is 138 Å². The highest BCUT2D eigenvalue weighted by atomic mass is 31.2. The summed E-state index contributed by atoms with van der Waals surface area (Å²) in [6.45, 7) is 0. The lowest BCUT2D eigenvalue weighted by Gasteiger charge is -1.82. The molecule has 4 N–H and O–H groups in total. The van der Waals surface area contributed by atoms with Crippen LogP contribution in [0.1, 0.15) is 0 Å². The minimum Gasteiger partial charge on any atom is -0.303 e. The van der Waals surface area contributed by atoms with Gasteiger partial charge in [0.2, 0.25) is 0 Å². The molecule has 0 aliphatic heterocycles. The quantitative estimate of drug-likeness (QED) is 0.162. The average Bonchev–Trinajstić information content (AvgIpc) is 1.27. The summed E-state index contributed by atoms with van der Waals surface area (Å²) in [5, 5.41) is 0. The molecule has 0 aliphatic rings. The first-order chi connectivity index (χ1) is 3.41. The van der Waals surface area contributed by atoms with Gasteiger partial charge in [0.15, 0.2) is 0 Å². The van der Waals surface area contributed by atoms with E-state index < -0.39 is 7.82 Å². The summed E-state index contributed by atoms with van der Waals surface area (Å²) in [4.78, 5) is 23.3. The molecule has 0 fully saturated rings. The molecule has 0 spiro atoms. The van der Waals surface area contributed by atoms with Crippen LogP contribution in [0.25, 0.3) is 10.4 Å². The highest BCUT2D eigenvalue weighted by molar-refractivity contribution is 7.45. The third-order valence-corrected chi connectivity index (χ3v) is 0. The van der Waals surface area contributed by atoms with Crippen molar-refractivity contribution in [3.63, 3.8) is 0 Å². The van der Waals surface area contributed by atoms with E-state index in [1.165, 1.54) is 0 Å². The van der Waals surface area contributed by atoms with Crippen molar-refractivity contribution in [2.75, 3.05) is 0 Å². The van der Waals surface area contributed by atoms with Gasteiger partial charge in [-0.2, -0.15) is 0 Å². The molecule has 0 amide bonds. The van der Waals surface area contributed by atoms with E-state index in [0.717, 1.165) is 0 Å². The summed E-state index contributed by atoms with van der Waals surface area (Å²) in [6, 6.07) is 0. The SMILES string of the molecule is O=P(O)(O)O.[N-]=[N+]=N. The summed E-state index contributed by atoms with van der Waals surface area (Å²) in [6.07, 6.45) is 0. The normalized spacial score (nSPS) is 8.38. The van der Waals surface area contributed by atoms with Crippen LogP contribution >= 0.6 is 7.82 Å². The molecule has 0 heterocycles. The van der Waals surface area contributed by atoms with Gasteiger partial charge in [-0.15, -0.1) is 5.53 Å². The maximum absolute atomic E-state index is 8.88. The highest BCUT2D eigenvalue weighted by Gasteiger charge is 2.00. The molecule has 0 aromatic carbocycles. The van der Waals surface area contributed by atoms with Crippen LogP contribution in [0.15, 0.2) is 0 Å².